The summed E-state index contributed by atoms with van der Waals surface area (Å²) >= 11 is 0. The number of hydrogen-bond acceptors (Lipinski definition) is 7. The summed E-state index contributed by atoms with van der Waals surface area (Å²) in [5.74, 6) is -2.61. The van der Waals surface area contributed by atoms with Crippen LogP contribution in [0.3, 0.4) is 0 Å². The van der Waals surface area contributed by atoms with E-state index >= 15 is 0 Å². The molecular formula is C26H37N7O5. The van der Waals surface area contributed by atoms with Crippen molar-refractivity contribution in [2.24, 2.45) is 11.5 Å². The van der Waals surface area contributed by atoms with Gasteiger partial charge in [0.2, 0.25) is 17.7 Å². The Hall–Kier alpha value is -3.77. The number of nitrogens with two attached hydrogens (primary N) is 2. The highest BCUT2D eigenvalue weighted by Crippen LogP contribution is 2.19. The van der Waals surface area contributed by atoms with Gasteiger partial charge >= 0.3 is 5.97 Å². The number of imidazole rings is 1. The molecule has 3 amide bonds. The van der Waals surface area contributed by atoms with Crippen LogP contribution in [0.25, 0.3) is 0 Å². The molecule has 12 heteroatoms. The second-order valence-electron chi connectivity index (χ2n) is 9.51. The number of hydrogen-bond donors (Lipinski definition) is 6. The topological polar surface area (TPSA) is 197 Å². The number of likely N-dealkylation sites (tertiary alicyclic amines) is 1. The first kappa shape index (κ1) is 28.8. The lowest BCUT2D eigenvalue weighted by molar-refractivity contribution is -0.149. The molecule has 1 aromatic carbocycles. The van der Waals surface area contributed by atoms with Gasteiger partial charge in [0.1, 0.15) is 18.1 Å². The fraction of sp³-hybridized carbons (Fsp3) is 0.500. The molecule has 12 nitrogen and oxygen atoms in total. The lowest BCUT2D eigenvalue weighted by Gasteiger charge is -2.29. The van der Waals surface area contributed by atoms with E-state index in [9.17, 15) is 24.3 Å². The molecule has 1 fully saturated rings. The Kier molecular flexibility index (Phi) is 10.8. The largest absolute Gasteiger partial charge is 0.480 e. The van der Waals surface area contributed by atoms with Crippen molar-refractivity contribution in [2.75, 3.05) is 13.1 Å². The minimum atomic E-state index is -1.08. The zero-order valence-corrected chi connectivity index (χ0v) is 21.3. The first-order valence-electron chi connectivity index (χ1n) is 12.9. The highest BCUT2D eigenvalue weighted by Gasteiger charge is 2.38. The quantitative estimate of drug-likeness (QED) is 0.180. The SMILES string of the molecule is NCCCCC(NC(=O)C(N)Cc1ccccc1)C(=O)NC(Cc1cnc[nH]1)C(=O)N1CCCC1C(=O)O. The minimum Gasteiger partial charge on any atom is -0.480 e. The van der Waals surface area contributed by atoms with Crippen molar-refractivity contribution < 1.29 is 24.3 Å². The van der Waals surface area contributed by atoms with Crippen molar-refractivity contribution in [1.82, 2.24) is 25.5 Å². The van der Waals surface area contributed by atoms with Gasteiger partial charge in [-0.2, -0.15) is 0 Å². The van der Waals surface area contributed by atoms with Crippen LogP contribution < -0.4 is 22.1 Å². The molecule has 0 spiro atoms. The van der Waals surface area contributed by atoms with Gasteiger partial charge in [-0.05, 0) is 50.6 Å². The third-order valence-corrected chi connectivity index (χ3v) is 6.63. The number of carboxylic acid groups (broad SMARTS) is 1. The van der Waals surface area contributed by atoms with Crippen LogP contribution in [-0.2, 0) is 32.0 Å². The van der Waals surface area contributed by atoms with Gasteiger partial charge < -0.3 is 37.1 Å². The number of amides is 3. The van der Waals surface area contributed by atoms with E-state index < -0.39 is 47.9 Å². The normalized spacial score (nSPS) is 17.4. The average Bonchev–Trinajstić information content (AvgIpc) is 3.60. The molecule has 1 aliphatic rings. The van der Waals surface area contributed by atoms with Gasteiger partial charge in [0.05, 0.1) is 12.4 Å². The van der Waals surface area contributed by atoms with Gasteiger partial charge in [-0.1, -0.05) is 30.3 Å². The van der Waals surface area contributed by atoms with E-state index in [4.69, 9.17) is 11.5 Å². The number of aromatic nitrogens is 2. The Morgan fingerprint density at radius 2 is 1.82 bits per heavy atom. The molecule has 0 radical (unpaired) electrons. The first-order chi connectivity index (χ1) is 18.3. The van der Waals surface area contributed by atoms with Crippen LogP contribution >= 0.6 is 0 Å². The standard InChI is InChI=1S/C26H37N7O5/c27-11-5-4-9-20(31-23(34)19(28)13-17-7-2-1-3-8-17)24(35)32-21(14-18-15-29-16-30-18)25(36)33-12-6-10-22(33)26(37)38/h1-3,7-8,15-16,19-22H,4-6,9-14,27-28H2,(H,29,30)(H,31,34)(H,32,35)(H,37,38). The molecule has 0 bridgehead atoms. The Morgan fingerprint density at radius 3 is 2.47 bits per heavy atom. The van der Waals surface area contributed by atoms with Gasteiger partial charge in [0.25, 0.3) is 0 Å². The number of carbonyl (C=O) groups excluding carboxylic acids is 3. The summed E-state index contributed by atoms with van der Waals surface area (Å²) in [4.78, 5) is 59.6. The van der Waals surface area contributed by atoms with Crippen molar-refractivity contribution in [3.63, 3.8) is 0 Å². The Morgan fingerprint density at radius 1 is 1.08 bits per heavy atom. The van der Waals surface area contributed by atoms with Crippen LogP contribution in [-0.4, -0.2) is 80.9 Å². The Labute approximate surface area is 221 Å². The number of carbonyl (C=O) groups is 4. The van der Waals surface area contributed by atoms with Crippen molar-refractivity contribution in [1.29, 1.82) is 0 Å². The second kappa shape index (κ2) is 14.2. The van der Waals surface area contributed by atoms with Gasteiger partial charge in [-0.25, -0.2) is 9.78 Å². The number of H-pyrrole nitrogens is 1. The number of aliphatic carboxylic acids is 1. The summed E-state index contributed by atoms with van der Waals surface area (Å²) in [6.07, 6.45) is 5.83. The Balaban J connectivity index is 1.73. The van der Waals surface area contributed by atoms with Crippen molar-refractivity contribution in [2.45, 2.75) is 69.1 Å². The Bertz CT molecular complexity index is 1060. The van der Waals surface area contributed by atoms with Crippen LogP contribution in [0, 0.1) is 0 Å². The molecule has 2 aromatic rings. The highest BCUT2D eigenvalue weighted by molar-refractivity contribution is 5.94. The number of nitrogens with zero attached hydrogens (tertiary/aromatic N) is 2. The number of carboxylic acids is 1. The summed E-state index contributed by atoms with van der Waals surface area (Å²) < 4.78 is 0. The van der Waals surface area contributed by atoms with Crippen molar-refractivity contribution >= 4 is 23.7 Å². The van der Waals surface area contributed by atoms with Crippen LogP contribution in [0.15, 0.2) is 42.9 Å². The molecule has 38 heavy (non-hydrogen) atoms. The second-order valence-corrected chi connectivity index (χ2v) is 9.51. The smallest absolute Gasteiger partial charge is 0.326 e. The fourth-order valence-corrected chi connectivity index (χ4v) is 4.58. The lowest BCUT2D eigenvalue weighted by atomic mass is 10.0. The molecule has 2 heterocycles. The van der Waals surface area contributed by atoms with Gasteiger partial charge in [-0.3, -0.25) is 14.4 Å². The number of nitrogens with one attached hydrogen (secondary N) is 3. The summed E-state index contributed by atoms with van der Waals surface area (Å²) in [6, 6.07) is 5.51. The summed E-state index contributed by atoms with van der Waals surface area (Å²) in [7, 11) is 0. The average molecular weight is 528 g/mol. The summed E-state index contributed by atoms with van der Waals surface area (Å²) in [6.45, 7) is 0.721. The molecule has 4 unspecified atom stereocenters. The predicted octanol–water partition coefficient (Wildman–Crippen LogP) is -0.304. The van der Waals surface area contributed by atoms with Crippen LogP contribution in [0.4, 0.5) is 0 Å². The minimum absolute atomic E-state index is 0.0877. The van der Waals surface area contributed by atoms with Gasteiger partial charge in [0.15, 0.2) is 0 Å². The van der Waals surface area contributed by atoms with Crippen LogP contribution in [0.1, 0.15) is 43.4 Å². The van der Waals surface area contributed by atoms with E-state index in [1.54, 1.807) is 0 Å². The molecule has 0 aliphatic carbocycles. The molecule has 1 aromatic heterocycles. The van der Waals surface area contributed by atoms with Crippen molar-refractivity contribution in [3.05, 3.63) is 54.1 Å². The van der Waals surface area contributed by atoms with E-state index in [0.717, 1.165) is 5.56 Å². The molecular weight excluding hydrogens is 490 g/mol. The van der Waals surface area contributed by atoms with Crippen LogP contribution in [0.5, 0.6) is 0 Å². The van der Waals surface area contributed by atoms with Gasteiger partial charge in [0, 0.05) is 24.9 Å². The maximum Gasteiger partial charge on any atom is 0.326 e. The van der Waals surface area contributed by atoms with Crippen LogP contribution in [0.2, 0.25) is 0 Å². The zero-order chi connectivity index (χ0) is 27.5. The predicted molar refractivity (Wildman–Crippen MR) is 140 cm³/mol. The van der Waals surface area contributed by atoms with E-state index in [0.29, 0.717) is 50.8 Å². The number of rotatable bonds is 14. The van der Waals surface area contributed by atoms with E-state index in [-0.39, 0.29) is 13.0 Å². The molecule has 1 saturated heterocycles. The fourth-order valence-electron chi connectivity index (χ4n) is 4.58. The number of benzene rings is 1. The molecule has 1 aliphatic heterocycles. The van der Waals surface area contributed by atoms with Gasteiger partial charge in [-0.15, -0.1) is 0 Å². The maximum atomic E-state index is 13.4. The highest BCUT2D eigenvalue weighted by atomic mass is 16.4. The number of unbranched alkanes of at least 4 members (excludes halogenated alkanes) is 1. The lowest BCUT2D eigenvalue weighted by Crippen LogP contribution is -2.57. The first-order valence-corrected chi connectivity index (χ1v) is 12.9. The molecule has 0 saturated carbocycles. The molecule has 4 atom stereocenters. The third-order valence-electron chi connectivity index (χ3n) is 6.63. The molecule has 8 N–H and O–H groups in total. The number of aromatic amines is 1. The third kappa shape index (κ3) is 8.12. The van der Waals surface area contributed by atoms with Crippen molar-refractivity contribution in [3.8, 4) is 0 Å². The van der Waals surface area contributed by atoms with E-state index in [1.807, 2.05) is 30.3 Å². The summed E-state index contributed by atoms with van der Waals surface area (Å²) in [5, 5.41) is 15.0. The van der Waals surface area contributed by atoms with E-state index in [1.165, 1.54) is 17.4 Å². The zero-order valence-electron chi connectivity index (χ0n) is 21.3. The molecule has 3 rings (SSSR count). The maximum absolute atomic E-state index is 13.4. The van der Waals surface area contributed by atoms with E-state index in [2.05, 4.69) is 20.6 Å². The summed E-state index contributed by atoms with van der Waals surface area (Å²) in [5.41, 5.74) is 13.2. The monoisotopic (exact) mass is 527 g/mol. The molecule has 206 valence electrons.